The molecule has 3 rings (SSSR count). The van der Waals surface area contributed by atoms with E-state index in [1.165, 1.54) is 0 Å². The van der Waals surface area contributed by atoms with Gasteiger partial charge in [0.25, 0.3) is 5.91 Å². The third-order valence-corrected chi connectivity index (χ3v) is 4.10. The van der Waals surface area contributed by atoms with Crippen LogP contribution in [0.5, 0.6) is 5.75 Å². The van der Waals surface area contributed by atoms with Crippen molar-refractivity contribution in [3.8, 4) is 11.4 Å². The van der Waals surface area contributed by atoms with Crippen LogP contribution < -0.4 is 4.74 Å². The van der Waals surface area contributed by atoms with Crippen LogP contribution in [0, 0.1) is 6.92 Å². The number of nitrogens with zero attached hydrogens (tertiary/aromatic N) is 4. The fourth-order valence-corrected chi connectivity index (χ4v) is 3.01. The van der Waals surface area contributed by atoms with E-state index in [-0.39, 0.29) is 18.1 Å². The molecule has 1 amide bonds. The Bertz CT molecular complexity index is 733. The van der Waals surface area contributed by atoms with E-state index in [9.17, 15) is 4.79 Å². The number of morpholine rings is 1. The molecule has 0 radical (unpaired) electrons. The average Bonchev–Trinajstić information content (AvgIpc) is 2.95. The van der Waals surface area contributed by atoms with Crippen LogP contribution >= 0.6 is 0 Å². The Kier molecular flexibility index (Phi) is 4.53. The maximum Gasteiger partial charge on any atom is 0.276 e. The van der Waals surface area contributed by atoms with Crippen molar-refractivity contribution >= 4 is 5.91 Å². The van der Waals surface area contributed by atoms with Gasteiger partial charge in [0.2, 0.25) is 0 Å². The molecule has 1 aliphatic heterocycles. The van der Waals surface area contributed by atoms with Crippen molar-refractivity contribution in [3.63, 3.8) is 0 Å². The maximum absolute atomic E-state index is 12.8. The van der Waals surface area contributed by atoms with Gasteiger partial charge in [-0.25, -0.2) is 4.68 Å². The topological polar surface area (TPSA) is 69.5 Å². The molecule has 7 heteroatoms. The molecule has 2 heterocycles. The molecule has 1 aliphatic rings. The summed E-state index contributed by atoms with van der Waals surface area (Å²) in [6, 6.07) is 7.49. The Morgan fingerprint density at radius 3 is 2.67 bits per heavy atom. The van der Waals surface area contributed by atoms with E-state index in [1.807, 2.05) is 45.0 Å². The van der Waals surface area contributed by atoms with Crippen LogP contribution in [0.15, 0.2) is 24.3 Å². The third kappa shape index (κ3) is 3.12. The lowest BCUT2D eigenvalue weighted by molar-refractivity contribution is -0.0587. The van der Waals surface area contributed by atoms with Crippen molar-refractivity contribution in [2.75, 3.05) is 20.2 Å². The van der Waals surface area contributed by atoms with Gasteiger partial charge in [0.1, 0.15) is 5.75 Å². The highest BCUT2D eigenvalue weighted by Crippen LogP contribution is 2.20. The summed E-state index contributed by atoms with van der Waals surface area (Å²) in [5.41, 5.74) is 1.89. The van der Waals surface area contributed by atoms with Gasteiger partial charge in [-0.15, -0.1) is 5.10 Å². The van der Waals surface area contributed by atoms with Crippen molar-refractivity contribution in [2.24, 2.45) is 0 Å². The summed E-state index contributed by atoms with van der Waals surface area (Å²) >= 11 is 0. The van der Waals surface area contributed by atoms with E-state index in [4.69, 9.17) is 9.47 Å². The van der Waals surface area contributed by atoms with E-state index in [1.54, 1.807) is 16.7 Å². The Morgan fingerprint density at radius 1 is 1.29 bits per heavy atom. The maximum atomic E-state index is 12.8. The molecule has 0 N–H and O–H groups in total. The van der Waals surface area contributed by atoms with Gasteiger partial charge in [0.15, 0.2) is 5.69 Å². The number of rotatable bonds is 3. The van der Waals surface area contributed by atoms with Gasteiger partial charge in [0.05, 0.1) is 30.7 Å². The number of benzene rings is 1. The Balaban J connectivity index is 1.88. The predicted octanol–water partition coefficient (Wildman–Crippen LogP) is 1.83. The Hall–Kier alpha value is -2.41. The standard InChI is InChI=1S/C17H22N4O3/c1-11-9-20(10-12(2)24-11)17(22)16-13(3)21(19-18-16)14-6-5-7-15(8-14)23-4/h5-8,11-12H,9-10H2,1-4H3/t11-,12-/m0/s1. The van der Waals surface area contributed by atoms with Crippen molar-refractivity contribution < 1.29 is 14.3 Å². The first-order valence-electron chi connectivity index (χ1n) is 8.01. The summed E-state index contributed by atoms with van der Waals surface area (Å²) in [6.45, 7) is 6.91. The normalized spacial score (nSPS) is 20.9. The molecule has 1 aromatic heterocycles. The van der Waals surface area contributed by atoms with Crippen molar-refractivity contribution in [1.82, 2.24) is 19.9 Å². The quantitative estimate of drug-likeness (QED) is 0.859. The van der Waals surface area contributed by atoms with E-state index < -0.39 is 0 Å². The van der Waals surface area contributed by atoms with E-state index in [2.05, 4.69) is 10.3 Å². The van der Waals surface area contributed by atoms with Gasteiger partial charge in [0, 0.05) is 19.2 Å². The molecule has 1 fully saturated rings. The number of amides is 1. The number of methoxy groups -OCH3 is 1. The van der Waals surface area contributed by atoms with Crippen molar-refractivity contribution in [3.05, 3.63) is 35.7 Å². The molecule has 128 valence electrons. The molecular formula is C17H22N4O3. The number of ether oxygens (including phenoxy) is 2. The second-order valence-corrected chi connectivity index (χ2v) is 6.10. The van der Waals surface area contributed by atoms with Crippen LogP contribution in [0.1, 0.15) is 30.0 Å². The smallest absolute Gasteiger partial charge is 0.276 e. The zero-order valence-electron chi connectivity index (χ0n) is 14.4. The second kappa shape index (κ2) is 6.60. The largest absolute Gasteiger partial charge is 0.497 e. The highest BCUT2D eigenvalue weighted by Gasteiger charge is 2.29. The first kappa shape index (κ1) is 16.4. The molecule has 0 spiro atoms. The summed E-state index contributed by atoms with van der Waals surface area (Å²) in [5, 5.41) is 8.26. The highest BCUT2D eigenvalue weighted by molar-refractivity contribution is 5.93. The summed E-state index contributed by atoms with van der Waals surface area (Å²) < 4.78 is 12.6. The zero-order valence-corrected chi connectivity index (χ0v) is 14.4. The zero-order chi connectivity index (χ0) is 17.3. The van der Waals surface area contributed by atoms with Gasteiger partial charge in [-0.3, -0.25) is 4.79 Å². The first-order chi connectivity index (χ1) is 11.5. The minimum atomic E-state index is -0.108. The second-order valence-electron chi connectivity index (χ2n) is 6.10. The Labute approximate surface area is 141 Å². The molecule has 0 bridgehead atoms. The number of carbonyl (C=O) groups excluding carboxylic acids is 1. The lowest BCUT2D eigenvalue weighted by atomic mass is 10.2. The van der Waals surface area contributed by atoms with Gasteiger partial charge >= 0.3 is 0 Å². The fraction of sp³-hybridized carbons (Fsp3) is 0.471. The number of hydrogen-bond donors (Lipinski definition) is 0. The molecule has 0 unspecified atom stereocenters. The van der Waals surface area contributed by atoms with Crippen molar-refractivity contribution in [1.29, 1.82) is 0 Å². The molecular weight excluding hydrogens is 308 g/mol. The van der Waals surface area contributed by atoms with Gasteiger partial charge in [-0.05, 0) is 32.9 Å². The van der Waals surface area contributed by atoms with Crippen LogP contribution in [-0.4, -0.2) is 58.2 Å². The van der Waals surface area contributed by atoms with E-state index in [0.717, 1.165) is 11.4 Å². The average molecular weight is 330 g/mol. The van der Waals surface area contributed by atoms with Crippen molar-refractivity contribution in [2.45, 2.75) is 33.0 Å². The summed E-state index contributed by atoms with van der Waals surface area (Å²) in [5.74, 6) is 0.620. The summed E-state index contributed by atoms with van der Waals surface area (Å²) in [4.78, 5) is 14.6. The van der Waals surface area contributed by atoms with Crippen LogP contribution in [0.25, 0.3) is 5.69 Å². The number of aromatic nitrogens is 3. The lowest BCUT2D eigenvalue weighted by Gasteiger charge is -2.34. The van der Waals surface area contributed by atoms with Crippen LogP contribution in [0.3, 0.4) is 0 Å². The van der Waals surface area contributed by atoms with Gasteiger partial charge < -0.3 is 14.4 Å². The lowest BCUT2D eigenvalue weighted by Crippen LogP contribution is -2.48. The third-order valence-electron chi connectivity index (χ3n) is 4.10. The predicted molar refractivity (Wildman–Crippen MR) is 88.6 cm³/mol. The summed E-state index contributed by atoms with van der Waals surface area (Å²) in [7, 11) is 1.61. The molecule has 2 aromatic rings. The molecule has 1 aromatic carbocycles. The van der Waals surface area contributed by atoms with Gasteiger partial charge in [-0.2, -0.15) is 0 Å². The van der Waals surface area contributed by atoms with Gasteiger partial charge in [-0.1, -0.05) is 11.3 Å². The molecule has 0 saturated carbocycles. The minimum Gasteiger partial charge on any atom is -0.497 e. The SMILES string of the molecule is COc1cccc(-n2nnc(C(=O)N3C[C@H](C)O[C@@H](C)C3)c2C)c1. The van der Waals surface area contributed by atoms with Crippen LogP contribution in [0.2, 0.25) is 0 Å². The Morgan fingerprint density at radius 2 is 2.00 bits per heavy atom. The minimum absolute atomic E-state index is 0.0198. The van der Waals surface area contributed by atoms with E-state index >= 15 is 0 Å². The number of hydrogen-bond acceptors (Lipinski definition) is 5. The van der Waals surface area contributed by atoms with E-state index in [0.29, 0.717) is 24.5 Å². The van der Waals surface area contributed by atoms with Crippen LogP contribution in [0.4, 0.5) is 0 Å². The first-order valence-corrected chi connectivity index (χ1v) is 8.01. The number of carbonyl (C=O) groups is 1. The monoisotopic (exact) mass is 330 g/mol. The molecule has 1 saturated heterocycles. The van der Waals surface area contributed by atoms with Crippen LogP contribution in [-0.2, 0) is 4.74 Å². The fourth-order valence-electron chi connectivity index (χ4n) is 3.01. The molecule has 24 heavy (non-hydrogen) atoms. The molecule has 2 atom stereocenters. The summed E-state index contributed by atoms with van der Waals surface area (Å²) in [6.07, 6.45) is 0.0397. The molecule has 7 nitrogen and oxygen atoms in total. The highest BCUT2D eigenvalue weighted by atomic mass is 16.5. The molecule has 0 aliphatic carbocycles.